The molecule has 0 bridgehead atoms. The van der Waals surface area contributed by atoms with Gasteiger partial charge >= 0.3 is 0 Å². The highest BCUT2D eigenvalue weighted by Gasteiger charge is 2.10. The van der Waals surface area contributed by atoms with Gasteiger partial charge in [0.1, 0.15) is 11.6 Å². The standard InChI is InChI=1S/C11H10BrClFN3/c1-6-10(12)11(15)17(16-6)5-7-2-3-8(13)9(14)4-7/h2-4H,5,15H2,1H3. The molecule has 0 radical (unpaired) electrons. The minimum absolute atomic E-state index is 0.111. The molecule has 0 fully saturated rings. The van der Waals surface area contributed by atoms with Crippen LogP contribution in [0.1, 0.15) is 11.3 Å². The fourth-order valence-electron chi connectivity index (χ4n) is 1.51. The average Bonchev–Trinajstić information content (AvgIpc) is 2.52. The third-order valence-electron chi connectivity index (χ3n) is 2.41. The highest BCUT2D eigenvalue weighted by atomic mass is 79.9. The molecular weight excluding hydrogens is 308 g/mol. The van der Waals surface area contributed by atoms with Gasteiger partial charge < -0.3 is 5.73 Å². The summed E-state index contributed by atoms with van der Waals surface area (Å²) in [7, 11) is 0. The number of nitrogens with two attached hydrogens (primary N) is 1. The van der Waals surface area contributed by atoms with E-state index in [0.29, 0.717) is 12.4 Å². The molecule has 0 aliphatic carbocycles. The number of aromatic nitrogens is 2. The van der Waals surface area contributed by atoms with E-state index in [2.05, 4.69) is 21.0 Å². The molecule has 3 nitrogen and oxygen atoms in total. The van der Waals surface area contributed by atoms with Crippen LogP contribution >= 0.6 is 27.5 Å². The molecule has 1 heterocycles. The Bertz CT molecular complexity index is 568. The molecule has 0 saturated carbocycles. The van der Waals surface area contributed by atoms with Crippen LogP contribution in [0.3, 0.4) is 0 Å². The maximum Gasteiger partial charge on any atom is 0.142 e. The summed E-state index contributed by atoms with van der Waals surface area (Å²) in [5.74, 6) is 0.0866. The Morgan fingerprint density at radius 3 is 2.76 bits per heavy atom. The van der Waals surface area contributed by atoms with Crippen LogP contribution in [0, 0.1) is 12.7 Å². The molecule has 2 N–H and O–H groups in total. The van der Waals surface area contributed by atoms with Crippen LogP contribution in [0.25, 0.3) is 0 Å². The molecule has 1 aromatic carbocycles. The van der Waals surface area contributed by atoms with Gasteiger partial charge in [-0.3, -0.25) is 0 Å². The van der Waals surface area contributed by atoms with Crippen molar-refractivity contribution in [2.24, 2.45) is 0 Å². The van der Waals surface area contributed by atoms with Crippen LogP contribution in [-0.4, -0.2) is 9.78 Å². The molecule has 0 aliphatic heterocycles. The first kappa shape index (κ1) is 12.4. The number of anilines is 1. The van der Waals surface area contributed by atoms with Gasteiger partial charge in [-0.2, -0.15) is 5.10 Å². The molecule has 90 valence electrons. The largest absolute Gasteiger partial charge is 0.383 e. The summed E-state index contributed by atoms with van der Waals surface area (Å²) in [6, 6.07) is 4.65. The van der Waals surface area contributed by atoms with Crippen molar-refractivity contribution in [1.29, 1.82) is 0 Å². The highest BCUT2D eigenvalue weighted by Crippen LogP contribution is 2.24. The SMILES string of the molecule is Cc1nn(Cc2ccc(Cl)c(F)c2)c(N)c1Br. The lowest BCUT2D eigenvalue weighted by atomic mass is 10.2. The Hall–Kier alpha value is -1.07. The molecular formula is C11H10BrClFN3. The van der Waals surface area contributed by atoms with Crippen molar-refractivity contribution < 1.29 is 4.39 Å². The van der Waals surface area contributed by atoms with E-state index in [1.807, 2.05) is 6.92 Å². The average molecular weight is 319 g/mol. The second-order valence-electron chi connectivity index (χ2n) is 3.69. The zero-order valence-electron chi connectivity index (χ0n) is 9.04. The van der Waals surface area contributed by atoms with Crippen LogP contribution in [0.15, 0.2) is 22.7 Å². The van der Waals surface area contributed by atoms with Crippen LogP contribution in [0.5, 0.6) is 0 Å². The molecule has 2 aromatic rings. The molecule has 0 spiro atoms. The third kappa shape index (κ3) is 2.45. The first-order chi connectivity index (χ1) is 7.99. The maximum atomic E-state index is 13.3. The lowest BCUT2D eigenvalue weighted by Gasteiger charge is -2.05. The minimum atomic E-state index is -0.439. The van der Waals surface area contributed by atoms with Gasteiger partial charge in [-0.05, 0) is 40.5 Å². The summed E-state index contributed by atoms with van der Waals surface area (Å²) in [5.41, 5.74) is 7.41. The first-order valence-corrected chi connectivity index (χ1v) is 6.08. The summed E-state index contributed by atoms with van der Waals surface area (Å²) in [4.78, 5) is 0. The molecule has 17 heavy (non-hydrogen) atoms. The Labute approximate surface area is 112 Å². The number of hydrogen-bond donors (Lipinski definition) is 1. The second kappa shape index (κ2) is 4.66. The van der Waals surface area contributed by atoms with E-state index >= 15 is 0 Å². The van der Waals surface area contributed by atoms with Crippen LogP contribution in [0.4, 0.5) is 10.2 Å². The molecule has 0 aliphatic rings. The quantitative estimate of drug-likeness (QED) is 0.922. The number of rotatable bonds is 2. The van der Waals surface area contributed by atoms with Gasteiger partial charge in [0.15, 0.2) is 0 Å². The topological polar surface area (TPSA) is 43.8 Å². The lowest BCUT2D eigenvalue weighted by molar-refractivity contribution is 0.620. The zero-order chi connectivity index (χ0) is 12.6. The van der Waals surface area contributed by atoms with Crippen LogP contribution < -0.4 is 5.73 Å². The van der Waals surface area contributed by atoms with Gasteiger partial charge in [0, 0.05) is 0 Å². The van der Waals surface area contributed by atoms with Crippen molar-refractivity contribution in [3.63, 3.8) is 0 Å². The van der Waals surface area contributed by atoms with Crippen LogP contribution in [0.2, 0.25) is 5.02 Å². The second-order valence-corrected chi connectivity index (χ2v) is 4.89. The Morgan fingerprint density at radius 1 is 1.53 bits per heavy atom. The number of nitrogen functional groups attached to an aromatic ring is 1. The van der Waals surface area contributed by atoms with Crippen molar-refractivity contribution in [3.8, 4) is 0 Å². The predicted octanol–water partition coefficient (Wildman–Crippen LogP) is 3.38. The number of aryl methyl sites for hydroxylation is 1. The Kier molecular flexibility index (Phi) is 3.40. The summed E-state index contributed by atoms with van der Waals surface area (Å²) in [6.07, 6.45) is 0. The molecule has 2 rings (SSSR count). The van der Waals surface area contributed by atoms with E-state index in [9.17, 15) is 4.39 Å². The third-order valence-corrected chi connectivity index (χ3v) is 3.69. The summed E-state index contributed by atoms with van der Waals surface area (Å²) in [6.45, 7) is 2.26. The molecule has 0 saturated heterocycles. The van der Waals surface area contributed by atoms with E-state index < -0.39 is 5.82 Å². The smallest absolute Gasteiger partial charge is 0.142 e. The number of halogens is 3. The minimum Gasteiger partial charge on any atom is -0.383 e. The Morgan fingerprint density at radius 2 is 2.24 bits per heavy atom. The summed E-state index contributed by atoms with van der Waals surface area (Å²) >= 11 is 8.95. The van der Waals surface area contributed by atoms with Gasteiger partial charge in [-0.15, -0.1) is 0 Å². The highest BCUT2D eigenvalue weighted by molar-refractivity contribution is 9.10. The number of benzene rings is 1. The van der Waals surface area contributed by atoms with Gasteiger partial charge in [0.2, 0.25) is 0 Å². The van der Waals surface area contributed by atoms with Gasteiger partial charge in [0.25, 0.3) is 0 Å². The van der Waals surface area contributed by atoms with Crippen molar-refractivity contribution in [3.05, 3.63) is 44.8 Å². The number of nitrogens with zero attached hydrogens (tertiary/aromatic N) is 2. The van der Waals surface area contributed by atoms with Gasteiger partial charge in [-0.25, -0.2) is 9.07 Å². The monoisotopic (exact) mass is 317 g/mol. The van der Waals surface area contributed by atoms with E-state index in [4.69, 9.17) is 17.3 Å². The van der Waals surface area contributed by atoms with Crippen molar-refractivity contribution >= 4 is 33.3 Å². The van der Waals surface area contributed by atoms with Gasteiger partial charge in [0.05, 0.1) is 21.7 Å². The molecule has 0 atom stereocenters. The van der Waals surface area contributed by atoms with E-state index in [0.717, 1.165) is 15.7 Å². The van der Waals surface area contributed by atoms with Crippen molar-refractivity contribution in [2.45, 2.75) is 13.5 Å². The van der Waals surface area contributed by atoms with Crippen LogP contribution in [-0.2, 0) is 6.54 Å². The lowest BCUT2D eigenvalue weighted by Crippen LogP contribution is -2.06. The Balaban J connectivity index is 2.31. The van der Waals surface area contributed by atoms with E-state index in [-0.39, 0.29) is 5.02 Å². The predicted molar refractivity (Wildman–Crippen MR) is 69.6 cm³/mol. The fraction of sp³-hybridized carbons (Fsp3) is 0.182. The number of hydrogen-bond acceptors (Lipinski definition) is 2. The summed E-state index contributed by atoms with van der Waals surface area (Å²) < 4.78 is 15.6. The van der Waals surface area contributed by atoms with Gasteiger partial charge in [-0.1, -0.05) is 17.7 Å². The molecule has 6 heteroatoms. The van der Waals surface area contributed by atoms with E-state index in [1.54, 1.807) is 10.7 Å². The first-order valence-electron chi connectivity index (χ1n) is 4.91. The van der Waals surface area contributed by atoms with Crippen molar-refractivity contribution in [1.82, 2.24) is 9.78 Å². The fourth-order valence-corrected chi connectivity index (χ4v) is 1.91. The maximum absolute atomic E-state index is 13.3. The normalized spacial score (nSPS) is 10.8. The van der Waals surface area contributed by atoms with E-state index in [1.165, 1.54) is 12.1 Å². The molecule has 1 aromatic heterocycles. The summed E-state index contributed by atoms with van der Waals surface area (Å²) in [5, 5.41) is 4.36. The van der Waals surface area contributed by atoms with Crippen molar-refractivity contribution in [2.75, 3.05) is 5.73 Å². The molecule has 0 amide bonds. The molecule has 0 unspecified atom stereocenters. The zero-order valence-corrected chi connectivity index (χ0v) is 11.4.